The number of rotatable bonds is 6. The number of aromatic nitrogens is 4. The molecular formula is C22H24FN7O3. The minimum atomic E-state index is -0.512. The van der Waals surface area contributed by atoms with Crippen LogP contribution >= 0.6 is 0 Å². The zero-order valence-corrected chi connectivity index (χ0v) is 18.2. The molecule has 33 heavy (non-hydrogen) atoms. The lowest BCUT2D eigenvalue weighted by atomic mass is 10.1. The van der Waals surface area contributed by atoms with E-state index < -0.39 is 11.7 Å². The molecule has 5 heterocycles. The molecule has 1 fully saturated rings. The number of aryl methyl sites for hydroxylation is 1. The number of nitrogens with one attached hydrogen (secondary N) is 2. The number of fused-ring (bicyclic) bond motifs is 2. The second-order valence-electron chi connectivity index (χ2n) is 8.43. The highest BCUT2D eigenvalue weighted by Gasteiger charge is 2.36. The molecule has 2 aliphatic rings. The van der Waals surface area contributed by atoms with Gasteiger partial charge in [0, 0.05) is 12.6 Å². The van der Waals surface area contributed by atoms with Gasteiger partial charge < -0.3 is 20.1 Å². The minimum absolute atomic E-state index is 0.194. The van der Waals surface area contributed by atoms with Gasteiger partial charge in [-0.1, -0.05) is 6.92 Å². The van der Waals surface area contributed by atoms with Crippen LogP contribution in [0.25, 0.3) is 5.65 Å². The molecule has 0 aliphatic carbocycles. The number of hydrogen-bond acceptors (Lipinski definition) is 6. The van der Waals surface area contributed by atoms with Crippen LogP contribution in [0.4, 0.5) is 10.2 Å². The van der Waals surface area contributed by atoms with Crippen LogP contribution in [0.15, 0.2) is 29.2 Å². The molecule has 1 atom stereocenters. The van der Waals surface area contributed by atoms with Crippen molar-refractivity contribution in [3.05, 3.63) is 57.5 Å². The van der Waals surface area contributed by atoms with Gasteiger partial charge in [-0.25, -0.2) is 9.37 Å². The first kappa shape index (κ1) is 21.3. The van der Waals surface area contributed by atoms with E-state index in [9.17, 15) is 18.8 Å². The van der Waals surface area contributed by atoms with Crippen molar-refractivity contribution in [1.82, 2.24) is 29.4 Å². The van der Waals surface area contributed by atoms with E-state index in [2.05, 4.69) is 20.7 Å². The van der Waals surface area contributed by atoms with E-state index in [1.807, 2.05) is 6.92 Å². The van der Waals surface area contributed by atoms with Gasteiger partial charge in [0.25, 0.3) is 11.5 Å². The van der Waals surface area contributed by atoms with E-state index >= 15 is 0 Å². The lowest BCUT2D eigenvalue weighted by Gasteiger charge is -2.19. The third-order valence-electron chi connectivity index (χ3n) is 6.16. The van der Waals surface area contributed by atoms with Crippen molar-refractivity contribution in [2.24, 2.45) is 5.92 Å². The molecule has 0 saturated carbocycles. The number of carbonyl (C=O) groups is 2. The normalized spacial score (nSPS) is 17.7. The van der Waals surface area contributed by atoms with Crippen molar-refractivity contribution >= 4 is 23.3 Å². The first-order valence-electron chi connectivity index (χ1n) is 11.0. The van der Waals surface area contributed by atoms with Crippen LogP contribution in [0, 0.1) is 11.7 Å². The van der Waals surface area contributed by atoms with Gasteiger partial charge in [-0.05, 0) is 44.0 Å². The fourth-order valence-electron chi connectivity index (χ4n) is 4.50. The molecule has 11 heteroatoms. The van der Waals surface area contributed by atoms with Crippen LogP contribution in [0.5, 0.6) is 0 Å². The Morgan fingerprint density at radius 3 is 2.88 bits per heavy atom. The van der Waals surface area contributed by atoms with E-state index in [4.69, 9.17) is 0 Å². The number of halogens is 1. The number of carbonyl (C=O) groups excluding carboxylic acids is 2. The summed E-state index contributed by atoms with van der Waals surface area (Å²) >= 11 is 0. The lowest BCUT2D eigenvalue weighted by molar-refractivity contribution is -0.116. The number of nitrogens with zero attached hydrogens (tertiary/aromatic N) is 5. The molecule has 172 valence electrons. The lowest BCUT2D eigenvalue weighted by Crippen LogP contribution is -2.32. The van der Waals surface area contributed by atoms with Gasteiger partial charge in [0.05, 0.1) is 24.0 Å². The van der Waals surface area contributed by atoms with Crippen molar-refractivity contribution in [2.75, 3.05) is 25.0 Å². The van der Waals surface area contributed by atoms with E-state index in [0.29, 0.717) is 35.8 Å². The Kier molecular flexibility index (Phi) is 5.41. The van der Waals surface area contributed by atoms with E-state index in [0.717, 1.165) is 25.7 Å². The Morgan fingerprint density at radius 1 is 1.33 bits per heavy atom. The largest absolute Gasteiger partial charge is 0.332 e. The molecular weight excluding hydrogens is 429 g/mol. The van der Waals surface area contributed by atoms with E-state index in [-0.39, 0.29) is 36.1 Å². The summed E-state index contributed by atoms with van der Waals surface area (Å²) in [5.41, 5.74) is 1.30. The van der Waals surface area contributed by atoms with Gasteiger partial charge in [-0.2, -0.15) is 9.61 Å². The van der Waals surface area contributed by atoms with Gasteiger partial charge in [-0.15, -0.1) is 0 Å². The van der Waals surface area contributed by atoms with Gasteiger partial charge in [0.1, 0.15) is 29.5 Å². The molecule has 2 N–H and O–H groups in total. The van der Waals surface area contributed by atoms with Crippen LogP contribution in [-0.2, 0) is 24.3 Å². The van der Waals surface area contributed by atoms with Gasteiger partial charge in [0.15, 0.2) is 0 Å². The van der Waals surface area contributed by atoms with Gasteiger partial charge in [-0.3, -0.25) is 14.4 Å². The highest BCUT2D eigenvalue weighted by molar-refractivity contribution is 5.98. The second kappa shape index (κ2) is 8.39. The van der Waals surface area contributed by atoms with E-state index in [1.54, 1.807) is 15.5 Å². The van der Waals surface area contributed by atoms with Crippen LogP contribution in [0.1, 0.15) is 35.1 Å². The molecule has 0 aromatic carbocycles. The summed E-state index contributed by atoms with van der Waals surface area (Å²) in [4.78, 5) is 44.9. The number of amides is 2. The first-order chi connectivity index (χ1) is 15.9. The summed E-state index contributed by atoms with van der Waals surface area (Å²) in [6.07, 6.45) is 2.58. The second-order valence-corrected chi connectivity index (χ2v) is 8.43. The zero-order chi connectivity index (χ0) is 23.1. The number of hydrogen-bond donors (Lipinski definition) is 2. The maximum absolute atomic E-state index is 13.4. The Hall–Kier alpha value is -3.60. The Morgan fingerprint density at radius 2 is 2.18 bits per heavy atom. The monoisotopic (exact) mass is 453 g/mol. The molecule has 3 aromatic rings. The van der Waals surface area contributed by atoms with E-state index in [1.165, 1.54) is 16.6 Å². The average Bonchev–Trinajstić information content (AvgIpc) is 3.53. The van der Waals surface area contributed by atoms with Crippen molar-refractivity contribution in [1.29, 1.82) is 0 Å². The smallest absolute Gasteiger partial charge is 0.280 e. The average molecular weight is 453 g/mol. The van der Waals surface area contributed by atoms with Crippen LogP contribution in [0.2, 0.25) is 0 Å². The highest BCUT2D eigenvalue weighted by atomic mass is 19.1. The highest BCUT2D eigenvalue weighted by Crippen LogP contribution is 2.25. The predicted molar refractivity (Wildman–Crippen MR) is 117 cm³/mol. The van der Waals surface area contributed by atoms with Crippen LogP contribution < -0.4 is 16.2 Å². The van der Waals surface area contributed by atoms with Gasteiger partial charge >= 0.3 is 0 Å². The first-order valence-corrected chi connectivity index (χ1v) is 11.0. The van der Waals surface area contributed by atoms with Gasteiger partial charge in [0.2, 0.25) is 5.91 Å². The Balaban J connectivity index is 1.52. The predicted octanol–water partition coefficient (Wildman–Crippen LogP) is 0.796. The summed E-state index contributed by atoms with van der Waals surface area (Å²) in [6.45, 7) is 4.19. The Bertz CT molecular complexity index is 1290. The molecule has 3 aromatic heterocycles. The summed E-state index contributed by atoms with van der Waals surface area (Å²) in [5.74, 6) is -0.701. The molecule has 0 spiro atoms. The maximum atomic E-state index is 13.4. The molecule has 10 nitrogen and oxygen atoms in total. The molecule has 2 amide bonds. The van der Waals surface area contributed by atoms with Crippen molar-refractivity contribution in [3.63, 3.8) is 0 Å². The molecule has 2 aliphatic heterocycles. The van der Waals surface area contributed by atoms with Crippen molar-refractivity contribution in [2.45, 2.75) is 32.9 Å². The third kappa shape index (κ3) is 3.88. The number of pyridine rings is 1. The topological polar surface area (TPSA) is 114 Å². The molecule has 1 unspecified atom stereocenters. The summed E-state index contributed by atoms with van der Waals surface area (Å²) < 4.78 is 16.0. The zero-order valence-electron chi connectivity index (χ0n) is 18.2. The third-order valence-corrected chi connectivity index (χ3v) is 6.16. The summed E-state index contributed by atoms with van der Waals surface area (Å²) in [7, 11) is 0. The SMILES string of the molecule is CCc1cc2n(CC(=O)Nc3ccc(F)cn3)c3c(c(=O)n2n1)CN(CC1CCNC1)C3=O. The standard InChI is InChI=1S/C22H24FN7O3/c1-2-15-7-19-29(12-18(31)26-17-4-3-14(23)9-25-17)20-16(21(32)30(19)27-15)11-28(22(20)33)10-13-5-6-24-8-13/h3-4,7,9,13,24H,2,5-6,8,10-12H2,1H3,(H,25,26,31). The minimum Gasteiger partial charge on any atom is -0.332 e. The molecule has 0 radical (unpaired) electrons. The fraction of sp³-hybridized carbons (Fsp3) is 0.409. The quantitative estimate of drug-likeness (QED) is 0.571. The molecule has 0 bridgehead atoms. The molecule has 5 rings (SSSR count). The Labute approximate surface area is 188 Å². The van der Waals surface area contributed by atoms with Crippen molar-refractivity contribution in [3.8, 4) is 0 Å². The fourth-order valence-corrected chi connectivity index (χ4v) is 4.50. The maximum Gasteiger partial charge on any atom is 0.280 e. The van der Waals surface area contributed by atoms with Crippen molar-refractivity contribution < 1.29 is 14.0 Å². The number of anilines is 1. The summed E-state index contributed by atoms with van der Waals surface area (Å²) in [5, 5.41) is 10.3. The molecule has 1 saturated heterocycles. The van der Waals surface area contributed by atoms with Crippen LogP contribution in [0.3, 0.4) is 0 Å². The summed E-state index contributed by atoms with van der Waals surface area (Å²) in [6, 6.07) is 4.28. The van der Waals surface area contributed by atoms with Crippen LogP contribution in [-0.4, -0.2) is 55.5 Å².